The van der Waals surface area contributed by atoms with Crippen molar-refractivity contribution in [2.24, 2.45) is 5.92 Å². The van der Waals surface area contributed by atoms with Gasteiger partial charge in [0.1, 0.15) is 12.0 Å². The van der Waals surface area contributed by atoms with Crippen molar-refractivity contribution in [3.63, 3.8) is 0 Å². The number of hydrogen-bond acceptors (Lipinski definition) is 5. The molecule has 2 N–H and O–H groups in total. The maximum atomic E-state index is 14.8. The van der Waals surface area contributed by atoms with Crippen molar-refractivity contribution in [2.75, 3.05) is 25.0 Å². The van der Waals surface area contributed by atoms with Crippen LogP contribution in [0.3, 0.4) is 0 Å². The van der Waals surface area contributed by atoms with Crippen LogP contribution >= 0.6 is 11.6 Å². The molecule has 3 atom stereocenters. The maximum absolute atomic E-state index is 14.8. The monoisotopic (exact) mass is 447 g/mol. The Morgan fingerprint density at radius 2 is 2.13 bits per heavy atom. The summed E-state index contributed by atoms with van der Waals surface area (Å²) in [5.74, 6) is -1.24. The standard InChI is InChI=1S/C21H20ClF2N5O2/c1-21(13-3-2-4-14(22)16(13)24)9-26-18(30)12-6-25-20(28-17(12)21)27-10-7-29(8-10)19(31)11-5-15(11)23/h2-4,6,10-11,15H,5,7-9H2,1H3,(H,26,30)(H,25,27,28)/t11-,15+,21?/m1/s1. The van der Waals surface area contributed by atoms with E-state index in [1.54, 1.807) is 24.0 Å². The Labute approximate surface area is 182 Å². The summed E-state index contributed by atoms with van der Waals surface area (Å²) in [5, 5.41) is 5.92. The zero-order valence-electron chi connectivity index (χ0n) is 16.7. The second-order valence-electron chi connectivity index (χ2n) is 8.51. The molecule has 3 heterocycles. The second-order valence-corrected chi connectivity index (χ2v) is 8.92. The Morgan fingerprint density at radius 1 is 1.39 bits per heavy atom. The van der Waals surface area contributed by atoms with Crippen LogP contribution in [-0.2, 0) is 10.2 Å². The Kier molecular flexibility index (Phi) is 4.62. The molecule has 10 heteroatoms. The molecule has 2 aromatic rings. The van der Waals surface area contributed by atoms with Gasteiger partial charge in [-0.15, -0.1) is 0 Å². The molecule has 1 saturated heterocycles. The lowest BCUT2D eigenvalue weighted by Crippen LogP contribution is -2.57. The van der Waals surface area contributed by atoms with Crippen molar-refractivity contribution in [3.05, 3.63) is 52.1 Å². The maximum Gasteiger partial charge on any atom is 0.254 e. The van der Waals surface area contributed by atoms with Crippen LogP contribution in [0, 0.1) is 11.7 Å². The smallest absolute Gasteiger partial charge is 0.254 e. The van der Waals surface area contributed by atoms with Crippen LogP contribution in [-0.4, -0.2) is 58.5 Å². The van der Waals surface area contributed by atoms with E-state index in [4.69, 9.17) is 11.6 Å². The molecule has 2 amide bonds. The average molecular weight is 448 g/mol. The molecule has 1 aliphatic carbocycles. The Bertz CT molecular complexity index is 1090. The van der Waals surface area contributed by atoms with Gasteiger partial charge in [0, 0.05) is 31.4 Å². The van der Waals surface area contributed by atoms with Crippen LogP contribution in [0.15, 0.2) is 24.4 Å². The molecule has 162 valence electrons. The molecule has 5 rings (SSSR count). The summed E-state index contributed by atoms with van der Waals surface area (Å²) in [4.78, 5) is 34.8. The summed E-state index contributed by atoms with van der Waals surface area (Å²) in [6.45, 7) is 2.82. The van der Waals surface area contributed by atoms with E-state index in [0.29, 0.717) is 30.8 Å². The summed E-state index contributed by atoms with van der Waals surface area (Å²) in [6, 6.07) is 4.67. The topological polar surface area (TPSA) is 87.2 Å². The summed E-state index contributed by atoms with van der Waals surface area (Å²) < 4.78 is 27.9. The average Bonchev–Trinajstić information content (AvgIpc) is 3.46. The molecule has 7 nitrogen and oxygen atoms in total. The molecular weight excluding hydrogens is 428 g/mol. The first kappa shape index (κ1) is 20.1. The van der Waals surface area contributed by atoms with E-state index in [-0.39, 0.29) is 40.9 Å². The van der Waals surface area contributed by atoms with Gasteiger partial charge in [-0.25, -0.2) is 18.7 Å². The van der Waals surface area contributed by atoms with E-state index in [2.05, 4.69) is 20.6 Å². The highest BCUT2D eigenvalue weighted by atomic mass is 35.5. The van der Waals surface area contributed by atoms with Gasteiger partial charge in [-0.2, -0.15) is 0 Å². The summed E-state index contributed by atoms with van der Waals surface area (Å²) in [7, 11) is 0. The van der Waals surface area contributed by atoms with Gasteiger partial charge in [-0.1, -0.05) is 23.7 Å². The lowest BCUT2D eigenvalue weighted by atomic mass is 9.75. The Morgan fingerprint density at radius 3 is 2.84 bits per heavy atom. The largest absolute Gasteiger partial charge is 0.351 e. The molecule has 1 aromatic carbocycles. The number of alkyl halides is 1. The lowest BCUT2D eigenvalue weighted by molar-refractivity contribution is -0.136. The number of halogens is 3. The van der Waals surface area contributed by atoms with Crippen LogP contribution in [0.4, 0.5) is 14.7 Å². The van der Waals surface area contributed by atoms with Crippen molar-refractivity contribution in [2.45, 2.75) is 31.0 Å². The second kappa shape index (κ2) is 7.12. The van der Waals surface area contributed by atoms with Crippen LogP contribution in [0.1, 0.15) is 35.0 Å². The van der Waals surface area contributed by atoms with Crippen LogP contribution in [0.25, 0.3) is 0 Å². The number of carbonyl (C=O) groups excluding carboxylic acids is 2. The summed E-state index contributed by atoms with van der Waals surface area (Å²) >= 11 is 5.99. The quantitative estimate of drug-likeness (QED) is 0.751. The fourth-order valence-electron chi connectivity index (χ4n) is 4.21. The summed E-state index contributed by atoms with van der Waals surface area (Å²) in [6.07, 6.45) is 0.709. The lowest BCUT2D eigenvalue weighted by Gasteiger charge is -2.40. The number of likely N-dealkylation sites (tertiary alicyclic amines) is 1. The van der Waals surface area contributed by atoms with Crippen molar-refractivity contribution in [1.29, 1.82) is 0 Å². The van der Waals surface area contributed by atoms with E-state index in [9.17, 15) is 18.4 Å². The van der Waals surface area contributed by atoms with E-state index in [1.807, 2.05) is 0 Å². The number of benzene rings is 1. The number of nitrogens with zero attached hydrogens (tertiary/aromatic N) is 3. The van der Waals surface area contributed by atoms with E-state index >= 15 is 0 Å². The fourth-order valence-corrected chi connectivity index (χ4v) is 4.39. The zero-order chi connectivity index (χ0) is 21.9. The first-order valence-corrected chi connectivity index (χ1v) is 10.5. The third-order valence-corrected chi connectivity index (χ3v) is 6.55. The van der Waals surface area contributed by atoms with E-state index in [0.717, 1.165) is 0 Å². The van der Waals surface area contributed by atoms with Crippen molar-refractivity contribution < 1.29 is 18.4 Å². The normalized spacial score (nSPS) is 27.2. The predicted molar refractivity (Wildman–Crippen MR) is 109 cm³/mol. The molecule has 3 aliphatic rings. The highest BCUT2D eigenvalue weighted by Crippen LogP contribution is 2.39. The van der Waals surface area contributed by atoms with Gasteiger partial charge < -0.3 is 15.5 Å². The van der Waals surface area contributed by atoms with Crippen LogP contribution < -0.4 is 10.6 Å². The van der Waals surface area contributed by atoms with E-state index < -0.39 is 23.3 Å². The molecule has 1 saturated carbocycles. The molecule has 0 radical (unpaired) electrons. The highest BCUT2D eigenvalue weighted by Gasteiger charge is 2.48. The number of carbonyl (C=O) groups is 2. The van der Waals surface area contributed by atoms with Gasteiger partial charge in [-0.05, 0) is 19.4 Å². The van der Waals surface area contributed by atoms with Crippen molar-refractivity contribution in [1.82, 2.24) is 20.2 Å². The Hall–Kier alpha value is -2.81. The fraction of sp³-hybridized carbons (Fsp3) is 0.429. The first-order chi connectivity index (χ1) is 14.8. The molecule has 1 aromatic heterocycles. The third-order valence-electron chi connectivity index (χ3n) is 6.26. The minimum absolute atomic E-state index is 0.00464. The number of nitrogens with one attached hydrogen (secondary N) is 2. The van der Waals surface area contributed by atoms with Gasteiger partial charge in [0.2, 0.25) is 11.9 Å². The molecule has 31 heavy (non-hydrogen) atoms. The van der Waals surface area contributed by atoms with Gasteiger partial charge in [0.15, 0.2) is 0 Å². The number of aromatic nitrogens is 2. The number of amides is 2. The predicted octanol–water partition coefficient (Wildman–Crippen LogP) is 2.30. The number of fused-ring (bicyclic) bond motifs is 1. The number of hydrogen-bond donors (Lipinski definition) is 2. The minimum Gasteiger partial charge on any atom is -0.351 e. The molecule has 0 bridgehead atoms. The van der Waals surface area contributed by atoms with Gasteiger partial charge in [0.25, 0.3) is 5.91 Å². The molecule has 0 spiro atoms. The van der Waals surface area contributed by atoms with Crippen LogP contribution in [0.5, 0.6) is 0 Å². The van der Waals surface area contributed by atoms with Gasteiger partial charge >= 0.3 is 0 Å². The number of anilines is 1. The molecule has 2 fully saturated rings. The zero-order valence-corrected chi connectivity index (χ0v) is 17.4. The summed E-state index contributed by atoms with van der Waals surface area (Å²) in [5.41, 5.74) is 0.0603. The van der Waals surface area contributed by atoms with Crippen molar-refractivity contribution >= 4 is 29.4 Å². The van der Waals surface area contributed by atoms with E-state index in [1.165, 1.54) is 12.3 Å². The highest BCUT2D eigenvalue weighted by molar-refractivity contribution is 6.30. The van der Waals surface area contributed by atoms with Crippen molar-refractivity contribution in [3.8, 4) is 0 Å². The van der Waals surface area contributed by atoms with Crippen LogP contribution in [0.2, 0.25) is 5.02 Å². The Balaban J connectivity index is 1.39. The third kappa shape index (κ3) is 3.31. The molecule has 1 unspecified atom stereocenters. The number of rotatable bonds is 4. The molecule has 2 aliphatic heterocycles. The van der Waals surface area contributed by atoms with Gasteiger partial charge in [-0.3, -0.25) is 9.59 Å². The molecular formula is C21H20ClF2N5O2. The minimum atomic E-state index is -1.01. The first-order valence-electron chi connectivity index (χ1n) is 10.1. The SMILES string of the molecule is CC1(c2cccc(Cl)c2F)CNC(=O)c2cnc(NC3CN(C(=O)[C@@H]4C[C@@H]4F)C3)nc21. The van der Waals surface area contributed by atoms with Gasteiger partial charge in [0.05, 0.1) is 33.7 Å².